The number of halogens is 2. The van der Waals surface area contributed by atoms with Gasteiger partial charge >= 0.3 is 0 Å². The lowest BCUT2D eigenvalue weighted by Crippen LogP contribution is -2.32. The average Bonchev–Trinajstić information content (AvgIpc) is 2.35. The summed E-state index contributed by atoms with van der Waals surface area (Å²) in [6, 6.07) is 0. The van der Waals surface area contributed by atoms with Crippen LogP contribution in [0.1, 0.15) is 12.8 Å². The molecule has 0 bridgehead atoms. The fourth-order valence-electron chi connectivity index (χ4n) is 2.24. The Hall–Kier alpha value is -0.220. The number of fused-ring (bicyclic) bond motifs is 1. The lowest BCUT2D eigenvalue weighted by atomic mass is 9.99. The SMILES string of the molecule is NN1C[C@@H]2CCC(F)(F)[C@@H]2C1. The van der Waals surface area contributed by atoms with Crippen molar-refractivity contribution in [3.8, 4) is 0 Å². The fraction of sp³-hybridized carbons (Fsp3) is 1.00. The van der Waals surface area contributed by atoms with Crippen molar-refractivity contribution in [1.82, 2.24) is 5.01 Å². The van der Waals surface area contributed by atoms with Gasteiger partial charge in [0, 0.05) is 25.4 Å². The quantitative estimate of drug-likeness (QED) is 0.535. The Morgan fingerprint density at radius 3 is 2.73 bits per heavy atom. The van der Waals surface area contributed by atoms with Crippen LogP contribution in [0.4, 0.5) is 8.78 Å². The van der Waals surface area contributed by atoms with Gasteiger partial charge in [-0.1, -0.05) is 0 Å². The summed E-state index contributed by atoms with van der Waals surface area (Å²) in [5, 5.41) is 1.52. The molecule has 0 spiro atoms. The Kier molecular flexibility index (Phi) is 1.44. The average molecular weight is 162 g/mol. The van der Waals surface area contributed by atoms with Crippen LogP contribution in [0, 0.1) is 11.8 Å². The number of hydrazine groups is 1. The molecular weight excluding hydrogens is 150 g/mol. The molecule has 4 heteroatoms. The minimum Gasteiger partial charge on any atom is -0.269 e. The third-order valence-corrected chi connectivity index (χ3v) is 2.86. The first-order chi connectivity index (χ1) is 5.09. The predicted molar refractivity (Wildman–Crippen MR) is 36.9 cm³/mol. The van der Waals surface area contributed by atoms with Crippen LogP contribution in [0.25, 0.3) is 0 Å². The Morgan fingerprint density at radius 1 is 1.36 bits per heavy atom. The Balaban J connectivity index is 2.13. The fourth-order valence-corrected chi connectivity index (χ4v) is 2.24. The second-order valence-corrected chi connectivity index (χ2v) is 3.62. The summed E-state index contributed by atoms with van der Waals surface area (Å²) in [4.78, 5) is 0. The van der Waals surface area contributed by atoms with Crippen LogP contribution < -0.4 is 5.84 Å². The van der Waals surface area contributed by atoms with Crippen LogP contribution in [0.5, 0.6) is 0 Å². The Morgan fingerprint density at radius 2 is 2.09 bits per heavy atom. The molecule has 0 aromatic rings. The van der Waals surface area contributed by atoms with Gasteiger partial charge in [0.15, 0.2) is 0 Å². The van der Waals surface area contributed by atoms with Crippen LogP contribution in [-0.2, 0) is 0 Å². The summed E-state index contributed by atoms with van der Waals surface area (Å²) in [5.74, 6) is 2.68. The normalized spacial score (nSPS) is 42.8. The van der Waals surface area contributed by atoms with Gasteiger partial charge in [-0.25, -0.2) is 13.8 Å². The maximum absolute atomic E-state index is 13.0. The number of hydrogen-bond acceptors (Lipinski definition) is 2. The molecule has 1 aliphatic heterocycles. The Labute approximate surface area is 64.3 Å². The smallest absolute Gasteiger partial charge is 0.252 e. The van der Waals surface area contributed by atoms with Crippen LogP contribution >= 0.6 is 0 Å². The minimum absolute atomic E-state index is 0.0656. The standard InChI is InChI=1S/C7H12F2N2/c8-7(9)2-1-5-3-11(10)4-6(5)7/h5-6H,1-4,10H2/t5-,6+/m0/s1. The minimum atomic E-state index is -2.45. The summed E-state index contributed by atoms with van der Waals surface area (Å²) in [7, 11) is 0. The molecule has 1 aliphatic carbocycles. The van der Waals surface area contributed by atoms with Crippen molar-refractivity contribution >= 4 is 0 Å². The van der Waals surface area contributed by atoms with Gasteiger partial charge in [-0.05, 0) is 12.3 Å². The molecule has 11 heavy (non-hydrogen) atoms. The molecule has 2 nitrogen and oxygen atoms in total. The van der Waals surface area contributed by atoms with Gasteiger partial charge in [0.25, 0.3) is 5.92 Å². The van der Waals surface area contributed by atoms with Gasteiger partial charge in [0.05, 0.1) is 0 Å². The zero-order chi connectivity index (χ0) is 8.06. The van der Waals surface area contributed by atoms with E-state index in [1.165, 1.54) is 5.01 Å². The summed E-state index contributed by atoms with van der Waals surface area (Å²) in [5.41, 5.74) is 0. The molecule has 1 heterocycles. The molecule has 2 rings (SSSR count). The number of nitrogens with two attached hydrogens (primary N) is 1. The van der Waals surface area contributed by atoms with E-state index in [2.05, 4.69) is 0 Å². The first-order valence-electron chi connectivity index (χ1n) is 3.97. The van der Waals surface area contributed by atoms with Crippen molar-refractivity contribution in [2.45, 2.75) is 18.8 Å². The van der Waals surface area contributed by atoms with Crippen LogP contribution in [0.3, 0.4) is 0 Å². The largest absolute Gasteiger partial charge is 0.269 e. The van der Waals surface area contributed by atoms with Gasteiger partial charge in [0.2, 0.25) is 0 Å². The maximum atomic E-state index is 13.0. The third kappa shape index (κ3) is 1.05. The van der Waals surface area contributed by atoms with E-state index < -0.39 is 11.8 Å². The highest BCUT2D eigenvalue weighted by atomic mass is 19.3. The van der Waals surface area contributed by atoms with Crippen LogP contribution in [-0.4, -0.2) is 24.0 Å². The highest BCUT2D eigenvalue weighted by molar-refractivity contribution is 4.96. The van der Waals surface area contributed by atoms with E-state index >= 15 is 0 Å². The number of alkyl halides is 2. The van der Waals surface area contributed by atoms with Crippen molar-refractivity contribution in [2.75, 3.05) is 13.1 Å². The van der Waals surface area contributed by atoms with Crippen molar-refractivity contribution < 1.29 is 8.78 Å². The van der Waals surface area contributed by atoms with E-state index in [0.29, 0.717) is 19.5 Å². The second-order valence-electron chi connectivity index (χ2n) is 3.62. The molecule has 0 aromatic carbocycles. The number of nitrogens with zero attached hydrogens (tertiary/aromatic N) is 1. The molecule has 1 saturated carbocycles. The highest BCUT2D eigenvalue weighted by Gasteiger charge is 2.53. The molecule has 64 valence electrons. The molecule has 0 aromatic heterocycles. The monoisotopic (exact) mass is 162 g/mol. The first kappa shape index (κ1) is 7.43. The second kappa shape index (κ2) is 2.14. The van der Waals surface area contributed by atoms with Gasteiger partial charge in [0.1, 0.15) is 0 Å². The Bertz CT molecular complexity index is 172. The van der Waals surface area contributed by atoms with Crippen molar-refractivity contribution in [2.24, 2.45) is 17.7 Å². The molecule has 1 saturated heterocycles. The van der Waals surface area contributed by atoms with Gasteiger partial charge in [-0.15, -0.1) is 0 Å². The van der Waals surface area contributed by atoms with E-state index in [9.17, 15) is 8.78 Å². The highest BCUT2D eigenvalue weighted by Crippen LogP contribution is 2.47. The van der Waals surface area contributed by atoms with E-state index in [4.69, 9.17) is 5.84 Å². The zero-order valence-electron chi connectivity index (χ0n) is 6.26. The molecule has 2 aliphatic rings. The summed E-state index contributed by atoms with van der Waals surface area (Å²) >= 11 is 0. The van der Waals surface area contributed by atoms with Gasteiger partial charge in [-0.2, -0.15) is 0 Å². The molecule has 0 amide bonds. The third-order valence-electron chi connectivity index (χ3n) is 2.86. The van der Waals surface area contributed by atoms with Crippen molar-refractivity contribution in [3.63, 3.8) is 0 Å². The molecule has 2 atom stereocenters. The summed E-state index contributed by atoms with van der Waals surface area (Å²) in [6.07, 6.45) is 0.710. The van der Waals surface area contributed by atoms with E-state index in [0.717, 1.165) is 0 Å². The van der Waals surface area contributed by atoms with Gasteiger partial charge in [-0.3, -0.25) is 5.84 Å². The van der Waals surface area contributed by atoms with Gasteiger partial charge < -0.3 is 0 Å². The zero-order valence-corrected chi connectivity index (χ0v) is 6.26. The van der Waals surface area contributed by atoms with E-state index in [-0.39, 0.29) is 12.3 Å². The molecule has 2 N–H and O–H groups in total. The molecular formula is C7H12F2N2. The first-order valence-corrected chi connectivity index (χ1v) is 3.97. The number of rotatable bonds is 0. The van der Waals surface area contributed by atoms with Crippen LogP contribution in [0.15, 0.2) is 0 Å². The predicted octanol–water partition coefficient (Wildman–Crippen LogP) is 0.837. The summed E-state index contributed by atoms with van der Waals surface area (Å²) < 4.78 is 26.0. The van der Waals surface area contributed by atoms with Crippen molar-refractivity contribution in [1.29, 1.82) is 0 Å². The lowest BCUT2D eigenvalue weighted by Gasteiger charge is -2.17. The van der Waals surface area contributed by atoms with E-state index in [1.807, 2.05) is 0 Å². The maximum Gasteiger partial charge on any atom is 0.252 e. The molecule has 0 radical (unpaired) electrons. The van der Waals surface area contributed by atoms with E-state index in [1.54, 1.807) is 0 Å². The number of hydrogen-bond donors (Lipinski definition) is 1. The topological polar surface area (TPSA) is 29.3 Å². The van der Waals surface area contributed by atoms with Crippen LogP contribution in [0.2, 0.25) is 0 Å². The van der Waals surface area contributed by atoms with Crippen molar-refractivity contribution in [3.05, 3.63) is 0 Å². The lowest BCUT2D eigenvalue weighted by molar-refractivity contribution is -0.0398. The molecule has 2 fully saturated rings. The molecule has 0 unspecified atom stereocenters. The summed E-state index contributed by atoms with van der Waals surface area (Å²) in [6.45, 7) is 1.03.